The Bertz CT molecular complexity index is 406. The number of hydrogen-bond donors (Lipinski definition) is 3. The minimum Gasteiger partial charge on any atom is -0.382 e. The Morgan fingerprint density at radius 1 is 1.24 bits per heavy atom. The predicted molar refractivity (Wildman–Crippen MR) is 86.7 cm³/mol. The van der Waals surface area contributed by atoms with Gasteiger partial charge in [-0.05, 0) is 44.5 Å². The van der Waals surface area contributed by atoms with E-state index < -0.39 is 0 Å². The first kappa shape index (κ1) is 17.5. The van der Waals surface area contributed by atoms with Crippen molar-refractivity contribution in [3.05, 3.63) is 29.8 Å². The summed E-state index contributed by atoms with van der Waals surface area (Å²) >= 11 is 0. The van der Waals surface area contributed by atoms with Gasteiger partial charge in [0.25, 0.3) is 0 Å². The quantitative estimate of drug-likeness (QED) is 0.613. The molecule has 5 heteroatoms. The molecule has 1 unspecified atom stereocenters. The molecule has 0 saturated carbocycles. The van der Waals surface area contributed by atoms with Crippen molar-refractivity contribution in [3.63, 3.8) is 0 Å². The zero-order valence-electron chi connectivity index (χ0n) is 13.2. The minimum absolute atomic E-state index is 0.181. The predicted octanol–water partition coefficient (Wildman–Crippen LogP) is 2.91. The summed E-state index contributed by atoms with van der Waals surface area (Å²) in [7, 11) is 0. The van der Waals surface area contributed by atoms with Gasteiger partial charge in [-0.15, -0.1) is 0 Å². The van der Waals surface area contributed by atoms with E-state index in [2.05, 4.69) is 29.8 Å². The molecule has 1 rings (SSSR count). The zero-order chi connectivity index (χ0) is 15.5. The molecule has 0 spiro atoms. The molecule has 0 aliphatic carbocycles. The van der Waals surface area contributed by atoms with Crippen LogP contribution in [-0.4, -0.2) is 32.3 Å². The van der Waals surface area contributed by atoms with Crippen molar-refractivity contribution < 1.29 is 9.53 Å². The van der Waals surface area contributed by atoms with Crippen molar-refractivity contribution in [1.82, 2.24) is 10.6 Å². The van der Waals surface area contributed by atoms with Crippen molar-refractivity contribution in [3.8, 4) is 0 Å². The Labute approximate surface area is 127 Å². The Hall–Kier alpha value is -1.59. The lowest BCUT2D eigenvalue weighted by Crippen LogP contribution is -2.30. The third-order valence-corrected chi connectivity index (χ3v) is 3.13. The minimum atomic E-state index is -0.181. The number of carbonyl (C=O) groups is 1. The van der Waals surface area contributed by atoms with Gasteiger partial charge in [0.2, 0.25) is 0 Å². The normalized spacial score (nSPS) is 12.0. The number of hydrogen-bond acceptors (Lipinski definition) is 3. The summed E-state index contributed by atoms with van der Waals surface area (Å²) < 4.78 is 5.21. The van der Waals surface area contributed by atoms with Crippen molar-refractivity contribution in [2.45, 2.75) is 33.2 Å². The molecule has 0 fully saturated rings. The summed E-state index contributed by atoms with van der Waals surface area (Å²) in [5.74, 6) is 0. The topological polar surface area (TPSA) is 62.4 Å². The number of urea groups is 1. The largest absolute Gasteiger partial charge is 0.382 e. The lowest BCUT2D eigenvalue weighted by atomic mass is 10.1. The summed E-state index contributed by atoms with van der Waals surface area (Å²) in [6, 6.07) is 8.03. The van der Waals surface area contributed by atoms with Gasteiger partial charge in [-0.3, -0.25) is 0 Å². The first-order valence-electron chi connectivity index (χ1n) is 7.63. The van der Waals surface area contributed by atoms with Crippen LogP contribution in [0.5, 0.6) is 0 Å². The SMILES string of the molecule is CCNC(C)c1ccc(NC(=O)NCCCOCC)cc1. The molecule has 1 aromatic rings. The number of ether oxygens (including phenoxy) is 1. The molecule has 21 heavy (non-hydrogen) atoms. The standard InChI is InChI=1S/C16H27N3O2/c1-4-17-13(3)14-7-9-15(10-8-14)19-16(20)18-11-6-12-21-5-2/h7-10,13,17H,4-6,11-12H2,1-3H3,(H2,18,19,20). The fourth-order valence-corrected chi connectivity index (χ4v) is 1.97. The molecule has 118 valence electrons. The number of rotatable bonds is 9. The van der Waals surface area contributed by atoms with Gasteiger partial charge in [0.1, 0.15) is 0 Å². The highest BCUT2D eigenvalue weighted by Gasteiger charge is 2.04. The molecule has 0 heterocycles. The molecular weight excluding hydrogens is 266 g/mol. The van der Waals surface area contributed by atoms with E-state index in [-0.39, 0.29) is 6.03 Å². The van der Waals surface area contributed by atoms with Crippen LogP contribution in [0.15, 0.2) is 24.3 Å². The maximum atomic E-state index is 11.7. The molecule has 0 bridgehead atoms. The number of carbonyl (C=O) groups excluding carboxylic acids is 1. The first-order chi connectivity index (χ1) is 10.2. The molecule has 0 aromatic heterocycles. The van der Waals surface area contributed by atoms with E-state index in [1.54, 1.807) is 0 Å². The number of anilines is 1. The van der Waals surface area contributed by atoms with Crippen LogP contribution in [0.25, 0.3) is 0 Å². The number of benzene rings is 1. The number of amides is 2. The molecular formula is C16H27N3O2. The van der Waals surface area contributed by atoms with Crippen LogP contribution in [0.4, 0.5) is 10.5 Å². The molecule has 2 amide bonds. The summed E-state index contributed by atoms with van der Waals surface area (Å²) in [6.45, 7) is 9.10. The van der Waals surface area contributed by atoms with E-state index in [4.69, 9.17) is 4.74 Å². The third-order valence-electron chi connectivity index (χ3n) is 3.13. The van der Waals surface area contributed by atoms with Gasteiger partial charge in [-0.1, -0.05) is 19.1 Å². The molecule has 3 N–H and O–H groups in total. The van der Waals surface area contributed by atoms with Gasteiger partial charge in [0, 0.05) is 31.5 Å². The van der Waals surface area contributed by atoms with Gasteiger partial charge in [0.15, 0.2) is 0 Å². The second kappa shape index (κ2) is 10.2. The molecule has 0 radical (unpaired) electrons. The van der Waals surface area contributed by atoms with Crippen molar-refractivity contribution in [2.75, 3.05) is 31.6 Å². The Kier molecular flexibility index (Phi) is 8.47. The average molecular weight is 293 g/mol. The Balaban J connectivity index is 2.32. The van der Waals surface area contributed by atoms with E-state index in [1.807, 2.05) is 31.2 Å². The molecule has 1 atom stereocenters. The number of nitrogens with one attached hydrogen (secondary N) is 3. The van der Waals surface area contributed by atoms with Gasteiger partial charge in [-0.2, -0.15) is 0 Å². The van der Waals surface area contributed by atoms with Crippen LogP contribution >= 0.6 is 0 Å². The van der Waals surface area contributed by atoms with E-state index in [9.17, 15) is 4.79 Å². The van der Waals surface area contributed by atoms with Crippen LogP contribution in [0, 0.1) is 0 Å². The van der Waals surface area contributed by atoms with E-state index in [0.29, 0.717) is 25.8 Å². The smallest absolute Gasteiger partial charge is 0.319 e. The average Bonchev–Trinajstić information content (AvgIpc) is 2.48. The van der Waals surface area contributed by atoms with E-state index in [1.165, 1.54) is 5.56 Å². The maximum absolute atomic E-state index is 11.7. The van der Waals surface area contributed by atoms with E-state index >= 15 is 0 Å². The van der Waals surface area contributed by atoms with Crippen LogP contribution < -0.4 is 16.0 Å². The molecule has 0 aliphatic heterocycles. The van der Waals surface area contributed by atoms with Crippen LogP contribution in [0.2, 0.25) is 0 Å². The lowest BCUT2D eigenvalue weighted by Gasteiger charge is -2.13. The van der Waals surface area contributed by atoms with Crippen LogP contribution in [0.1, 0.15) is 38.8 Å². The molecule has 0 aliphatic rings. The summed E-state index contributed by atoms with van der Waals surface area (Å²) in [4.78, 5) is 11.7. The van der Waals surface area contributed by atoms with E-state index in [0.717, 1.165) is 18.7 Å². The summed E-state index contributed by atoms with van der Waals surface area (Å²) in [5.41, 5.74) is 2.00. The van der Waals surface area contributed by atoms with Crippen molar-refractivity contribution >= 4 is 11.7 Å². The Morgan fingerprint density at radius 2 is 1.95 bits per heavy atom. The molecule has 0 saturated heterocycles. The van der Waals surface area contributed by atoms with Gasteiger partial charge < -0.3 is 20.7 Å². The fourth-order valence-electron chi connectivity index (χ4n) is 1.97. The van der Waals surface area contributed by atoms with Crippen molar-refractivity contribution in [1.29, 1.82) is 0 Å². The fraction of sp³-hybridized carbons (Fsp3) is 0.562. The second-order valence-corrected chi connectivity index (χ2v) is 4.83. The Morgan fingerprint density at radius 3 is 2.57 bits per heavy atom. The van der Waals surface area contributed by atoms with Crippen molar-refractivity contribution in [2.24, 2.45) is 0 Å². The van der Waals surface area contributed by atoms with Crippen LogP contribution in [0.3, 0.4) is 0 Å². The first-order valence-corrected chi connectivity index (χ1v) is 7.63. The highest BCUT2D eigenvalue weighted by molar-refractivity contribution is 5.89. The second-order valence-electron chi connectivity index (χ2n) is 4.83. The highest BCUT2D eigenvalue weighted by Crippen LogP contribution is 2.15. The van der Waals surface area contributed by atoms with Gasteiger partial charge >= 0.3 is 6.03 Å². The summed E-state index contributed by atoms with van der Waals surface area (Å²) in [5, 5.41) is 8.98. The zero-order valence-corrected chi connectivity index (χ0v) is 13.2. The van der Waals surface area contributed by atoms with Crippen LogP contribution in [-0.2, 0) is 4.74 Å². The monoisotopic (exact) mass is 293 g/mol. The maximum Gasteiger partial charge on any atom is 0.319 e. The molecule has 5 nitrogen and oxygen atoms in total. The van der Waals surface area contributed by atoms with Gasteiger partial charge in [-0.25, -0.2) is 4.79 Å². The van der Waals surface area contributed by atoms with Gasteiger partial charge in [0.05, 0.1) is 0 Å². The highest BCUT2D eigenvalue weighted by atomic mass is 16.5. The lowest BCUT2D eigenvalue weighted by molar-refractivity contribution is 0.145. The third kappa shape index (κ3) is 7.11. The summed E-state index contributed by atoms with van der Waals surface area (Å²) in [6.07, 6.45) is 0.820. The molecule has 1 aromatic carbocycles.